The number of rotatable bonds is 5. The van der Waals surface area contributed by atoms with Crippen molar-refractivity contribution in [2.45, 2.75) is 19.8 Å². The molecule has 6 nitrogen and oxygen atoms in total. The second kappa shape index (κ2) is 6.10. The van der Waals surface area contributed by atoms with E-state index in [1.807, 2.05) is 6.92 Å². The highest BCUT2D eigenvalue weighted by atomic mass is 16.3. The molecule has 1 amide bonds. The Bertz CT molecular complexity index is 587. The minimum atomic E-state index is -0.319. The first-order valence-electron chi connectivity index (χ1n) is 6.36. The first-order chi connectivity index (χ1) is 9.56. The molecule has 1 aromatic carbocycles. The number of benzene rings is 1. The van der Waals surface area contributed by atoms with Crippen LogP contribution in [0.5, 0.6) is 11.5 Å². The Morgan fingerprint density at radius 3 is 2.60 bits per heavy atom. The average molecular weight is 275 g/mol. The quantitative estimate of drug-likeness (QED) is 0.621. The Morgan fingerprint density at radius 2 is 2.00 bits per heavy atom. The van der Waals surface area contributed by atoms with Crippen LogP contribution in [-0.4, -0.2) is 32.9 Å². The average Bonchev–Trinajstić information content (AvgIpc) is 2.79. The summed E-state index contributed by atoms with van der Waals surface area (Å²) in [7, 11) is 0. The van der Waals surface area contributed by atoms with Crippen LogP contribution in [-0.2, 0) is 6.42 Å². The number of aromatic nitrogens is 2. The molecule has 0 saturated carbocycles. The maximum Gasteiger partial charge on any atom is 0.251 e. The van der Waals surface area contributed by atoms with E-state index in [0.29, 0.717) is 6.54 Å². The van der Waals surface area contributed by atoms with Crippen molar-refractivity contribution in [2.75, 3.05) is 6.54 Å². The molecule has 0 atom stereocenters. The van der Waals surface area contributed by atoms with Crippen LogP contribution in [0.2, 0.25) is 0 Å². The molecule has 20 heavy (non-hydrogen) atoms. The molecule has 0 aliphatic carbocycles. The third kappa shape index (κ3) is 3.50. The van der Waals surface area contributed by atoms with Gasteiger partial charge in [-0.2, -0.15) is 5.10 Å². The van der Waals surface area contributed by atoms with Gasteiger partial charge in [0.2, 0.25) is 0 Å². The number of aryl methyl sites for hydroxylation is 2. The van der Waals surface area contributed by atoms with E-state index in [1.165, 1.54) is 18.2 Å². The van der Waals surface area contributed by atoms with Crippen LogP contribution < -0.4 is 5.32 Å². The third-order valence-electron chi connectivity index (χ3n) is 3.01. The van der Waals surface area contributed by atoms with Gasteiger partial charge in [-0.3, -0.25) is 9.89 Å². The predicted octanol–water partition coefficient (Wildman–Crippen LogP) is 1.49. The SMILES string of the molecule is Cc1[nH]ncc1CCCNC(=O)c1cc(O)cc(O)c1. The highest BCUT2D eigenvalue weighted by Gasteiger charge is 2.08. The second-order valence-corrected chi connectivity index (χ2v) is 4.62. The molecular formula is C14H17N3O3. The van der Waals surface area contributed by atoms with E-state index >= 15 is 0 Å². The number of hydrogen-bond donors (Lipinski definition) is 4. The van der Waals surface area contributed by atoms with Crippen molar-refractivity contribution in [3.63, 3.8) is 0 Å². The smallest absolute Gasteiger partial charge is 0.251 e. The Kier molecular flexibility index (Phi) is 4.24. The Labute approximate surface area is 116 Å². The van der Waals surface area contributed by atoms with Gasteiger partial charge in [0.1, 0.15) is 11.5 Å². The number of H-pyrrole nitrogens is 1. The minimum Gasteiger partial charge on any atom is -0.508 e. The molecule has 2 rings (SSSR count). The molecule has 1 heterocycles. The normalized spacial score (nSPS) is 10.4. The largest absolute Gasteiger partial charge is 0.508 e. The van der Waals surface area contributed by atoms with E-state index in [4.69, 9.17) is 0 Å². The molecule has 0 bridgehead atoms. The van der Waals surface area contributed by atoms with Crippen molar-refractivity contribution in [3.8, 4) is 11.5 Å². The maximum atomic E-state index is 11.8. The lowest BCUT2D eigenvalue weighted by Crippen LogP contribution is -2.24. The number of aromatic amines is 1. The van der Waals surface area contributed by atoms with Crippen LogP contribution in [0.3, 0.4) is 0 Å². The monoisotopic (exact) mass is 275 g/mol. The van der Waals surface area contributed by atoms with Crippen LogP contribution in [0.25, 0.3) is 0 Å². The summed E-state index contributed by atoms with van der Waals surface area (Å²) in [4.78, 5) is 11.8. The van der Waals surface area contributed by atoms with Gasteiger partial charge in [-0.15, -0.1) is 0 Å². The standard InChI is InChI=1S/C14H17N3O3/c1-9-10(8-16-17-9)3-2-4-15-14(20)11-5-12(18)7-13(19)6-11/h5-8,18-19H,2-4H2,1H3,(H,15,20)(H,16,17). The Hall–Kier alpha value is -2.50. The molecule has 6 heteroatoms. The number of nitrogens with one attached hydrogen (secondary N) is 2. The summed E-state index contributed by atoms with van der Waals surface area (Å²) in [5, 5.41) is 28.2. The van der Waals surface area contributed by atoms with E-state index in [0.717, 1.165) is 24.1 Å². The van der Waals surface area contributed by atoms with E-state index in [-0.39, 0.29) is 23.0 Å². The van der Waals surface area contributed by atoms with Crippen molar-refractivity contribution < 1.29 is 15.0 Å². The van der Waals surface area contributed by atoms with Crippen LogP contribution in [0, 0.1) is 6.92 Å². The number of hydrogen-bond acceptors (Lipinski definition) is 4. The molecule has 1 aromatic heterocycles. The zero-order valence-electron chi connectivity index (χ0n) is 11.2. The van der Waals surface area contributed by atoms with Gasteiger partial charge in [-0.25, -0.2) is 0 Å². The molecule has 106 valence electrons. The summed E-state index contributed by atoms with van der Waals surface area (Å²) in [6, 6.07) is 3.81. The lowest BCUT2D eigenvalue weighted by molar-refractivity contribution is 0.0952. The number of carbonyl (C=O) groups excluding carboxylic acids is 1. The van der Waals surface area contributed by atoms with Gasteiger partial charge >= 0.3 is 0 Å². The summed E-state index contributed by atoms with van der Waals surface area (Å²) in [6.07, 6.45) is 3.40. The van der Waals surface area contributed by atoms with E-state index < -0.39 is 0 Å². The fraction of sp³-hybridized carbons (Fsp3) is 0.286. The molecule has 0 aliphatic rings. The number of nitrogens with zero attached hydrogens (tertiary/aromatic N) is 1. The molecule has 0 radical (unpaired) electrons. The molecule has 0 fully saturated rings. The summed E-state index contributed by atoms with van der Waals surface area (Å²) >= 11 is 0. The molecule has 0 unspecified atom stereocenters. The van der Waals surface area contributed by atoms with Crippen LogP contribution in [0.15, 0.2) is 24.4 Å². The zero-order valence-corrected chi connectivity index (χ0v) is 11.2. The molecule has 0 spiro atoms. The number of phenols is 2. The van der Waals surface area contributed by atoms with Crippen molar-refractivity contribution in [2.24, 2.45) is 0 Å². The molecular weight excluding hydrogens is 258 g/mol. The van der Waals surface area contributed by atoms with Crippen molar-refractivity contribution in [1.82, 2.24) is 15.5 Å². The topological polar surface area (TPSA) is 98.2 Å². The number of aromatic hydroxyl groups is 2. The van der Waals surface area contributed by atoms with Crippen molar-refractivity contribution in [1.29, 1.82) is 0 Å². The molecule has 2 aromatic rings. The molecule has 0 aliphatic heterocycles. The predicted molar refractivity (Wildman–Crippen MR) is 73.8 cm³/mol. The Morgan fingerprint density at radius 1 is 1.30 bits per heavy atom. The number of amides is 1. The van der Waals surface area contributed by atoms with Crippen molar-refractivity contribution >= 4 is 5.91 Å². The van der Waals surface area contributed by atoms with E-state index in [1.54, 1.807) is 6.20 Å². The fourth-order valence-electron chi connectivity index (χ4n) is 1.94. The van der Waals surface area contributed by atoms with Crippen LogP contribution in [0.1, 0.15) is 28.0 Å². The summed E-state index contributed by atoms with van der Waals surface area (Å²) in [5.74, 6) is -0.589. The van der Waals surface area contributed by atoms with Crippen LogP contribution >= 0.6 is 0 Å². The molecule has 0 saturated heterocycles. The van der Waals surface area contributed by atoms with Gasteiger partial charge < -0.3 is 15.5 Å². The van der Waals surface area contributed by atoms with Gasteiger partial charge in [0.25, 0.3) is 5.91 Å². The highest BCUT2D eigenvalue weighted by molar-refractivity contribution is 5.95. The number of phenolic OH excluding ortho intramolecular Hbond substituents is 2. The lowest BCUT2D eigenvalue weighted by atomic mass is 10.1. The fourth-order valence-corrected chi connectivity index (χ4v) is 1.94. The van der Waals surface area contributed by atoms with Gasteiger partial charge in [0, 0.05) is 23.9 Å². The summed E-state index contributed by atoms with van der Waals surface area (Å²) < 4.78 is 0. The van der Waals surface area contributed by atoms with Gasteiger partial charge in [0.15, 0.2) is 0 Å². The van der Waals surface area contributed by atoms with Gasteiger partial charge in [0.05, 0.1) is 6.20 Å². The molecule has 4 N–H and O–H groups in total. The van der Waals surface area contributed by atoms with E-state index in [2.05, 4.69) is 15.5 Å². The first-order valence-corrected chi connectivity index (χ1v) is 6.36. The third-order valence-corrected chi connectivity index (χ3v) is 3.01. The summed E-state index contributed by atoms with van der Waals surface area (Å²) in [5.41, 5.74) is 2.41. The highest BCUT2D eigenvalue weighted by Crippen LogP contribution is 2.20. The second-order valence-electron chi connectivity index (χ2n) is 4.62. The number of carbonyl (C=O) groups is 1. The minimum absolute atomic E-state index is 0.135. The first kappa shape index (κ1) is 13.9. The van der Waals surface area contributed by atoms with Crippen LogP contribution in [0.4, 0.5) is 0 Å². The van der Waals surface area contributed by atoms with E-state index in [9.17, 15) is 15.0 Å². The van der Waals surface area contributed by atoms with Crippen molar-refractivity contribution in [3.05, 3.63) is 41.2 Å². The summed E-state index contributed by atoms with van der Waals surface area (Å²) in [6.45, 7) is 2.47. The Balaban J connectivity index is 1.82. The lowest BCUT2D eigenvalue weighted by Gasteiger charge is -2.06. The van der Waals surface area contributed by atoms with Gasteiger partial charge in [-0.1, -0.05) is 0 Å². The zero-order chi connectivity index (χ0) is 14.5. The van der Waals surface area contributed by atoms with Gasteiger partial charge in [-0.05, 0) is 37.5 Å². The maximum absolute atomic E-state index is 11.8.